The van der Waals surface area contributed by atoms with E-state index < -0.39 is 4.92 Å². The number of rotatable bonds is 7. The number of aromatic nitrogens is 1. The second-order valence-corrected chi connectivity index (χ2v) is 3.91. The third-order valence-electron chi connectivity index (χ3n) is 2.41. The molecule has 0 unspecified atom stereocenters. The normalized spacial score (nSPS) is 10.1. The Labute approximate surface area is 105 Å². The zero-order valence-electron chi connectivity index (χ0n) is 10.2. The van der Waals surface area contributed by atoms with Gasteiger partial charge in [-0.05, 0) is 25.8 Å². The van der Waals surface area contributed by atoms with Crippen LogP contribution in [-0.2, 0) is 4.79 Å². The van der Waals surface area contributed by atoms with Crippen molar-refractivity contribution in [2.45, 2.75) is 26.2 Å². The van der Waals surface area contributed by atoms with Crippen LogP contribution in [0.2, 0.25) is 0 Å². The number of amides is 1. The summed E-state index contributed by atoms with van der Waals surface area (Å²) in [5.74, 6) is 0.288. The summed E-state index contributed by atoms with van der Waals surface area (Å²) in [4.78, 5) is 24.7. The molecule has 0 aromatic carbocycles. The molecule has 7 heteroatoms. The van der Waals surface area contributed by atoms with Crippen LogP contribution in [0.5, 0.6) is 0 Å². The fourth-order valence-corrected chi connectivity index (χ4v) is 1.49. The van der Waals surface area contributed by atoms with Crippen LogP contribution in [0.1, 0.15) is 25.0 Å². The van der Waals surface area contributed by atoms with Crippen LogP contribution in [0.25, 0.3) is 0 Å². The van der Waals surface area contributed by atoms with Gasteiger partial charge in [-0.1, -0.05) is 0 Å². The van der Waals surface area contributed by atoms with E-state index in [2.05, 4.69) is 10.3 Å². The van der Waals surface area contributed by atoms with E-state index in [1.807, 2.05) is 0 Å². The molecule has 0 aliphatic carbocycles. The molecule has 18 heavy (non-hydrogen) atoms. The Hall–Kier alpha value is -2.18. The number of hydrogen-bond acceptors (Lipinski definition) is 5. The molecule has 1 aromatic rings. The number of pyridine rings is 1. The zero-order valence-corrected chi connectivity index (χ0v) is 10.2. The van der Waals surface area contributed by atoms with Gasteiger partial charge in [0.2, 0.25) is 5.91 Å². The molecule has 0 aliphatic heterocycles. The maximum Gasteiger partial charge on any atom is 0.290 e. The number of carbonyl (C=O) groups is 1. The number of nitrogens with one attached hydrogen (secondary N) is 1. The molecule has 1 amide bonds. The first-order chi connectivity index (χ1) is 8.50. The first-order valence-electron chi connectivity index (χ1n) is 5.65. The molecule has 7 nitrogen and oxygen atoms in total. The Kier molecular flexibility index (Phi) is 5.04. The standard InChI is InChI=1S/C11H16N4O3/c1-8-9(15(17)18)5-6-11(14-8)13-7-3-2-4-10(12)16/h5-6H,2-4,7H2,1H3,(H2,12,16)(H,13,14). The molecular weight excluding hydrogens is 236 g/mol. The molecule has 0 radical (unpaired) electrons. The van der Waals surface area contributed by atoms with E-state index in [0.29, 0.717) is 30.9 Å². The van der Waals surface area contributed by atoms with Crippen molar-refractivity contribution in [3.05, 3.63) is 27.9 Å². The molecule has 0 fully saturated rings. The fraction of sp³-hybridized carbons (Fsp3) is 0.455. The van der Waals surface area contributed by atoms with Crippen molar-refractivity contribution >= 4 is 17.4 Å². The highest BCUT2D eigenvalue weighted by atomic mass is 16.6. The smallest absolute Gasteiger partial charge is 0.290 e. The number of primary amides is 1. The summed E-state index contributed by atoms with van der Waals surface area (Å²) >= 11 is 0. The Balaban J connectivity index is 2.42. The Morgan fingerprint density at radius 3 is 2.78 bits per heavy atom. The molecule has 0 spiro atoms. The van der Waals surface area contributed by atoms with E-state index in [4.69, 9.17) is 5.73 Å². The minimum atomic E-state index is -0.459. The first-order valence-corrected chi connectivity index (χ1v) is 5.65. The summed E-state index contributed by atoms with van der Waals surface area (Å²) < 4.78 is 0. The SMILES string of the molecule is Cc1nc(NCCCCC(N)=O)ccc1[N+](=O)[O-]. The van der Waals surface area contributed by atoms with Crippen LogP contribution in [0, 0.1) is 17.0 Å². The lowest BCUT2D eigenvalue weighted by Gasteiger charge is -2.05. The Morgan fingerprint density at radius 2 is 2.22 bits per heavy atom. The van der Waals surface area contributed by atoms with E-state index in [1.54, 1.807) is 13.0 Å². The summed E-state index contributed by atoms with van der Waals surface area (Å²) in [7, 11) is 0. The van der Waals surface area contributed by atoms with Gasteiger partial charge in [-0.3, -0.25) is 14.9 Å². The highest BCUT2D eigenvalue weighted by Crippen LogP contribution is 2.17. The van der Waals surface area contributed by atoms with Crippen LogP contribution in [-0.4, -0.2) is 22.4 Å². The van der Waals surface area contributed by atoms with Crippen molar-refractivity contribution in [3.63, 3.8) is 0 Å². The molecule has 98 valence electrons. The topological polar surface area (TPSA) is 111 Å². The zero-order chi connectivity index (χ0) is 13.5. The maximum atomic E-state index is 10.6. The van der Waals surface area contributed by atoms with Gasteiger partial charge in [-0.2, -0.15) is 0 Å². The van der Waals surface area contributed by atoms with Crippen LogP contribution in [0.3, 0.4) is 0 Å². The third-order valence-corrected chi connectivity index (χ3v) is 2.41. The van der Waals surface area contributed by atoms with E-state index in [1.165, 1.54) is 6.07 Å². The number of aryl methyl sites for hydroxylation is 1. The van der Waals surface area contributed by atoms with Gasteiger partial charge in [-0.15, -0.1) is 0 Å². The van der Waals surface area contributed by atoms with Gasteiger partial charge in [0.05, 0.1) is 4.92 Å². The molecule has 0 saturated heterocycles. The van der Waals surface area contributed by atoms with Crippen molar-refractivity contribution < 1.29 is 9.72 Å². The summed E-state index contributed by atoms with van der Waals surface area (Å²) in [6.45, 7) is 2.24. The van der Waals surface area contributed by atoms with Gasteiger partial charge >= 0.3 is 0 Å². The van der Waals surface area contributed by atoms with Gasteiger partial charge in [-0.25, -0.2) is 4.98 Å². The van der Waals surface area contributed by atoms with E-state index >= 15 is 0 Å². The van der Waals surface area contributed by atoms with Crippen molar-refractivity contribution in [1.82, 2.24) is 4.98 Å². The average molecular weight is 252 g/mol. The monoisotopic (exact) mass is 252 g/mol. The van der Waals surface area contributed by atoms with Crippen LogP contribution in [0.4, 0.5) is 11.5 Å². The number of nitrogens with zero attached hydrogens (tertiary/aromatic N) is 2. The quantitative estimate of drug-likeness (QED) is 0.432. The largest absolute Gasteiger partial charge is 0.370 e. The maximum absolute atomic E-state index is 10.6. The lowest BCUT2D eigenvalue weighted by Crippen LogP contribution is -2.11. The second-order valence-electron chi connectivity index (χ2n) is 3.91. The predicted molar refractivity (Wildman–Crippen MR) is 67.2 cm³/mol. The number of nitro groups is 1. The molecule has 0 saturated carbocycles. The third kappa shape index (κ3) is 4.36. The molecule has 0 aliphatic rings. The lowest BCUT2D eigenvalue weighted by atomic mass is 10.2. The number of unbranched alkanes of at least 4 members (excludes halogenated alkanes) is 1. The molecular formula is C11H16N4O3. The molecule has 1 aromatic heterocycles. The number of nitrogens with two attached hydrogens (primary N) is 1. The first kappa shape index (κ1) is 13.9. The number of carbonyl (C=O) groups excluding carboxylic acids is 1. The minimum Gasteiger partial charge on any atom is -0.370 e. The van der Waals surface area contributed by atoms with Crippen LogP contribution in [0.15, 0.2) is 12.1 Å². The average Bonchev–Trinajstić information content (AvgIpc) is 2.27. The predicted octanol–water partition coefficient (Wildman–Crippen LogP) is 1.37. The van der Waals surface area contributed by atoms with E-state index in [9.17, 15) is 14.9 Å². The number of anilines is 1. The Morgan fingerprint density at radius 1 is 1.50 bits per heavy atom. The van der Waals surface area contributed by atoms with Gasteiger partial charge in [0.15, 0.2) is 0 Å². The van der Waals surface area contributed by atoms with Gasteiger partial charge < -0.3 is 11.1 Å². The van der Waals surface area contributed by atoms with Gasteiger partial charge in [0, 0.05) is 19.0 Å². The fourth-order valence-electron chi connectivity index (χ4n) is 1.49. The van der Waals surface area contributed by atoms with Crippen LogP contribution < -0.4 is 11.1 Å². The summed E-state index contributed by atoms with van der Waals surface area (Å²) in [6.07, 6.45) is 1.88. The highest BCUT2D eigenvalue weighted by molar-refractivity contribution is 5.73. The molecule has 3 N–H and O–H groups in total. The minimum absolute atomic E-state index is 0.00859. The summed E-state index contributed by atoms with van der Waals surface area (Å²) in [5, 5.41) is 13.6. The van der Waals surface area contributed by atoms with Crippen molar-refractivity contribution in [3.8, 4) is 0 Å². The summed E-state index contributed by atoms with van der Waals surface area (Å²) in [5.41, 5.74) is 5.40. The van der Waals surface area contributed by atoms with Crippen molar-refractivity contribution in [2.75, 3.05) is 11.9 Å². The molecule has 1 rings (SSSR count). The van der Waals surface area contributed by atoms with Crippen LogP contribution >= 0.6 is 0 Å². The Bertz CT molecular complexity index is 448. The molecule has 0 atom stereocenters. The van der Waals surface area contributed by atoms with E-state index in [-0.39, 0.29) is 11.6 Å². The van der Waals surface area contributed by atoms with Gasteiger partial charge in [0.1, 0.15) is 11.5 Å². The van der Waals surface area contributed by atoms with Crippen molar-refractivity contribution in [1.29, 1.82) is 0 Å². The second kappa shape index (κ2) is 6.53. The molecule has 1 heterocycles. The highest BCUT2D eigenvalue weighted by Gasteiger charge is 2.11. The number of hydrogen-bond donors (Lipinski definition) is 2. The molecule has 0 bridgehead atoms. The van der Waals surface area contributed by atoms with Gasteiger partial charge in [0.25, 0.3) is 5.69 Å². The summed E-state index contributed by atoms with van der Waals surface area (Å²) in [6, 6.07) is 2.99. The lowest BCUT2D eigenvalue weighted by molar-refractivity contribution is -0.385. The van der Waals surface area contributed by atoms with E-state index in [0.717, 1.165) is 6.42 Å². The van der Waals surface area contributed by atoms with Crippen molar-refractivity contribution in [2.24, 2.45) is 5.73 Å².